The summed E-state index contributed by atoms with van der Waals surface area (Å²) >= 11 is 0. The molecule has 0 aliphatic rings. The molecule has 0 aromatic heterocycles. The van der Waals surface area contributed by atoms with Gasteiger partial charge in [0.2, 0.25) is 0 Å². The van der Waals surface area contributed by atoms with E-state index in [2.05, 4.69) is 5.32 Å². The van der Waals surface area contributed by atoms with Crippen LogP contribution in [0.4, 0.5) is 0 Å². The fraction of sp³-hybridized carbons (Fsp3) is 0.273. The van der Waals surface area contributed by atoms with Gasteiger partial charge in [-0.25, -0.2) is 4.79 Å². The zero-order valence-corrected chi connectivity index (χ0v) is 9.52. The van der Waals surface area contributed by atoms with Crippen LogP contribution in [0.2, 0.25) is 0 Å². The van der Waals surface area contributed by atoms with E-state index >= 15 is 0 Å². The van der Waals surface area contributed by atoms with Crippen molar-refractivity contribution < 1.29 is 24.2 Å². The molecule has 0 spiro atoms. The molecule has 0 saturated heterocycles. The maximum absolute atomic E-state index is 11.0. The molecule has 0 fully saturated rings. The first kappa shape index (κ1) is 12.8. The van der Waals surface area contributed by atoms with Gasteiger partial charge in [-0.15, -0.1) is 0 Å². The van der Waals surface area contributed by atoms with Crippen LogP contribution >= 0.6 is 0 Å². The van der Waals surface area contributed by atoms with Crippen molar-refractivity contribution in [3.8, 4) is 11.5 Å². The van der Waals surface area contributed by atoms with Gasteiger partial charge in [-0.1, -0.05) is 0 Å². The molecule has 0 atom stereocenters. The lowest BCUT2D eigenvalue weighted by atomic mass is 10.2. The number of methoxy groups -OCH3 is 1. The molecule has 0 radical (unpaired) electrons. The summed E-state index contributed by atoms with van der Waals surface area (Å²) in [5.74, 6) is -0.792. The van der Waals surface area contributed by atoms with Crippen LogP contribution in [0.1, 0.15) is 10.4 Å². The number of amides is 1. The highest BCUT2D eigenvalue weighted by molar-refractivity contribution is 5.88. The minimum Gasteiger partial charge on any atom is -0.493 e. The summed E-state index contributed by atoms with van der Waals surface area (Å²) in [5.41, 5.74) is 0.0673. The average Bonchev–Trinajstić information content (AvgIpc) is 2.35. The van der Waals surface area contributed by atoms with Gasteiger partial charge >= 0.3 is 5.97 Å². The number of carbonyl (C=O) groups excluding carboxylic acids is 1. The highest BCUT2D eigenvalue weighted by Crippen LogP contribution is 2.27. The van der Waals surface area contributed by atoms with Crippen molar-refractivity contribution in [3.63, 3.8) is 0 Å². The third kappa shape index (κ3) is 3.37. The van der Waals surface area contributed by atoms with E-state index in [0.717, 1.165) is 0 Å². The third-order valence-electron chi connectivity index (χ3n) is 2.05. The molecular weight excluding hydrogens is 226 g/mol. The van der Waals surface area contributed by atoms with E-state index < -0.39 is 5.97 Å². The predicted octanol–water partition coefficient (Wildman–Crippen LogP) is 0.518. The van der Waals surface area contributed by atoms with Crippen molar-refractivity contribution in [2.75, 3.05) is 20.8 Å². The molecule has 1 amide bonds. The van der Waals surface area contributed by atoms with E-state index in [4.69, 9.17) is 14.6 Å². The van der Waals surface area contributed by atoms with Crippen LogP contribution in [-0.2, 0) is 4.79 Å². The Labute approximate surface area is 98.2 Å². The van der Waals surface area contributed by atoms with Crippen LogP contribution in [0.3, 0.4) is 0 Å². The quantitative estimate of drug-likeness (QED) is 0.782. The second-order valence-corrected chi connectivity index (χ2v) is 3.13. The van der Waals surface area contributed by atoms with Gasteiger partial charge in [0.05, 0.1) is 12.7 Å². The van der Waals surface area contributed by atoms with Gasteiger partial charge in [0.15, 0.2) is 18.1 Å². The summed E-state index contributed by atoms with van der Waals surface area (Å²) in [4.78, 5) is 21.8. The van der Waals surface area contributed by atoms with Crippen LogP contribution in [0.25, 0.3) is 0 Å². The summed E-state index contributed by atoms with van der Waals surface area (Å²) in [6.07, 6.45) is 0. The molecule has 0 unspecified atom stereocenters. The molecule has 0 bridgehead atoms. The first-order valence-electron chi connectivity index (χ1n) is 4.83. The fourth-order valence-corrected chi connectivity index (χ4v) is 1.14. The Kier molecular flexibility index (Phi) is 4.33. The number of carboxylic acid groups (broad SMARTS) is 1. The Balaban J connectivity index is 2.90. The number of likely N-dealkylation sites (N-methyl/N-ethyl adjacent to an activating group) is 1. The Bertz CT molecular complexity index is 430. The maximum Gasteiger partial charge on any atom is 0.335 e. The number of carboxylic acids is 1. The van der Waals surface area contributed by atoms with Gasteiger partial charge in [-0.2, -0.15) is 0 Å². The van der Waals surface area contributed by atoms with E-state index in [9.17, 15) is 9.59 Å². The van der Waals surface area contributed by atoms with Crippen molar-refractivity contribution in [2.45, 2.75) is 0 Å². The van der Waals surface area contributed by atoms with Crippen molar-refractivity contribution in [2.24, 2.45) is 0 Å². The topological polar surface area (TPSA) is 84.9 Å². The Morgan fingerprint density at radius 2 is 2.06 bits per heavy atom. The van der Waals surface area contributed by atoms with E-state index in [1.54, 1.807) is 0 Å². The number of aromatic carboxylic acids is 1. The maximum atomic E-state index is 11.0. The minimum absolute atomic E-state index is 0.0673. The summed E-state index contributed by atoms with van der Waals surface area (Å²) in [6.45, 7) is -0.198. The molecule has 6 heteroatoms. The van der Waals surface area contributed by atoms with Gasteiger partial charge in [0.25, 0.3) is 5.91 Å². The number of carbonyl (C=O) groups is 2. The summed E-state index contributed by atoms with van der Waals surface area (Å²) < 4.78 is 10.2. The first-order chi connectivity index (χ1) is 8.08. The number of nitrogens with one attached hydrogen (secondary N) is 1. The molecule has 92 valence electrons. The largest absolute Gasteiger partial charge is 0.493 e. The zero-order valence-electron chi connectivity index (χ0n) is 9.52. The van der Waals surface area contributed by atoms with Crippen molar-refractivity contribution in [1.82, 2.24) is 5.32 Å². The van der Waals surface area contributed by atoms with Crippen LogP contribution in [0.5, 0.6) is 11.5 Å². The normalized spacial score (nSPS) is 9.53. The van der Waals surface area contributed by atoms with Gasteiger partial charge in [0.1, 0.15) is 0 Å². The SMILES string of the molecule is CNC(=O)COc1cc(C(=O)O)ccc1OC. The number of hydrogen-bond donors (Lipinski definition) is 2. The van der Waals surface area contributed by atoms with Crippen LogP contribution in [0, 0.1) is 0 Å². The van der Waals surface area contributed by atoms with Crippen LogP contribution in [0.15, 0.2) is 18.2 Å². The smallest absolute Gasteiger partial charge is 0.335 e. The lowest BCUT2D eigenvalue weighted by Gasteiger charge is -2.10. The number of benzene rings is 1. The first-order valence-corrected chi connectivity index (χ1v) is 4.83. The summed E-state index contributed by atoms with van der Waals surface area (Å²) in [6, 6.07) is 4.18. The zero-order chi connectivity index (χ0) is 12.8. The monoisotopic (exact) mass is 239 g/mol. The van der Waals surface area contributed by atoms with Crippen LogP contribution < -0.4 is 14.8 Å². The molecule has 2 N–H and O–H groups in total. The Morgan fingerprint density at radius 3 is 2.59 bits per heavy atom. The molecule has 1 rings (SSSR count). The van der Waals surface area contributed by atoms with Gasteiger partial charge in [-0.3, -0.25) is 4.79 Å². The lowest BCUT2D eigenvalue weighted by Crippen LogP contribution is -2.25. The number of rotatable bonds is 5. The molecular formula is C11H13NO5. The third-order valence-corrected chi connectivity index (χ3v) is 2.05. The average molecular weight is 239 g/mol. The standard InChI is InChI=1S/C11H13NO5/c1-12-10(13)6-17-9-5-7(11(14)15)3-4-8(9)16-2/h3-5H,6H2,1-2H3,(H,12,13)(H,14,15). The van der Waals surface area contributed by atoms with E-state index in [-0.39, 0.29) is 23.8 Å². The lowest BCUT2D eigenvalue weighted by molar-refractivity contribution is -0.122. The summed E-state index contributed by atoms with van der Waals surface area (Å²) in [5, 5.41) is 11.2. The second-order valence-electron chi connectivity index (χ2n) is 3.13. The molecule has 1 aromatic rings. The molecule has 6 nitrogen and oxygen atoms in total. The van der Waals surface area contributed by atoms with E-state index in [1.165, 1.54) is 32.4 Å². The minimum atomic E-state index is -1.07. The highest BCUT2D eigenvalue weighted by atomic mass is 16.5. The van der Waals surface area contributed by atoms with Crippen LogP contribution in [-0.4, -0.2) is 37.7 Å². The molecule has 0 saturated carbocycles. The van der Waals surface area contributed by atoms with Gasteiger partial charge < -0.3 is 19.9 Å². The molecule has 1 aromatic carbocycles. The highest BCUT2D eigenvalue weighted by Gasteiger charge is 2.11. The molecule has 0 heterocycles. The predicted molar refractivity (Wildman–Crippen MR) is 59.5 cm³/mol. The molecule has 0 aliphatic carbocycles. The van der Waals surface area contributed by atoms with Gasteiger partial charge in [-0.05, 0) is 18.2 Å². The van der Waals surface area contributed by atoms with Gasteiger partial charge in [0, 0.05) is 7.05 Å². The molecule has 17 heavy (non-hydrogen) atoms. The van der Waals surface area contributed by atoms with E-state index in [0.29, 0.717) is 5.75 Å². The number of ether oxygens (including phenoxy) is 2. The fourth-order valence-electron chi connectivity index (χ4n) is 1.14. The van der Waals surface area contributed by atoms with Crippen molar-refractivity contribution >= 4 is 11.9 Å². The molecule has 0 aliphatic heterocycles. The Morgan fingerprint density at radius 1 is 1.35 bits per heavy atom. The summed E-state index contributed by atoms with van der Waals surface area (Å²) in [7, 11) is 2.92. The Hall–Kier alpha value is -2.24. The second kappa shape index (κ2) is 5.74. The van der Waals surface area contributed by atoms with E-state index in [1.807, 2.05) is 0 Å². The van der Waals surface area contributed by atoms with Crippen molar-refractivity contribution in [3.05, 3.63) is 23.8 Å². The van der Waals surface area contributed by atoms with Crippen molar-refractivity contribution in [1.29, 1.82) is 0 Å². The number of hydrogen-bond acceptors (Lipinski definition) is 4.